The maximum Gasteiger partial charge on any atom is 0.123 e. The second-order valence-electron chi connectivity index (χ2n) is 11.2. The van der Waals surface area contributed by atoms with Crippen molar-refractivity contribution in [2.75, 3.05) is 5.32 Å². The summed E-state index contributed by atoms with van der Waals surface area (Å²) < 4.78 is 27.6. The molecule has 0 aliphatic heterocycles. The summed E-state index contributed by atoms with van der Waals surface area (Å²) in [6, 6.07) is 26.0. The number of nitrogens with one attached hydrogen (secondary N) is 1. The molecular formula is C32H33F2N. The van der Waals surface area contributed by atoms with E-state index in [-0.39, 0.29) is 22.5 Å². The van der Waals surface area contributed by atoms with Gasteiger partial charge in [-0.1, -0.05) is 77.9 Å². The number of hydrogen-bond acceptors (Lipinski definition) is 1. The minimum absolute atomic E-state index is 0.0609. The van der Waals surface area contributed by atoms with Gasteiger partial charge in [0, 0.05) is 16.8 Å². The Morgan fingerprint density at radius 2 is 0.914 bits per heavy atom. The smallest absolute Gasteiger partial charge is 0.123 e. The van der Waals surface area contributed by atoms with Crippen LogP contribution in [0.4, 0.5) is 20.2 Å². The number of anilines is 2. The molecule has 4 aromatic rings. The van der Waals surface area contributed by atoms with Crippen molar-refractivity contribution in [3.63, 3.8) is 0 Å². The molecule has 0 amide bonds. The molecular weight excluding hydrogens is 436 g/mol. The maximum atomic E-state index is 13.8. The summed E-state index contributed by atoms with van der Waals surface area (Å²) in [5, 5.41) is 3.64. The Hall–Kier alpha value is -3.46. The van der Waals surface area contributed by atoms with E-state index in [2.05, 4.69) is 83.3 Å². The lowest BCUT2D eigenvalue weighted by atomic mass is 9.82. The van der Waals surface area contributed by atoms with Crippen molar-refractivity contribution in [2.45, 2.75) is 52.4 Å². The lowest BCUT2D eigenvalue weighted by molar-refractivity contribution is 0.590. The molecule has 0 saturated carbocycles. The Kier molecular flexibility index (Phi) is 6.55. The fourth-order valence-corrected chi connectivity index (χ4v) is 4.12. The third-order valence-corrected chi connectivity index (χ3v) is 6.34. The fraction of sp³-hybridized carbons (Fsp3) is 0.250. The van der Waals surface area contributed by atoms with Crippen LogP contribution in [0.15, 0.2) is 84.9 Å². The fourth-order valence-electron chi connectivity index (χ4n) is 4.12. The Morgan fingerprint density at radius 3 is 1.29 bits per heavy atom. The Morgan fingerprint density at radius 1 is 0.514 bits per heavy atom. The van der Waals surface area contributed by atoms with Gasteiger partial charge in [-0.3, -0.25) is 0 Å². The van der Waals surface area contributed by atoms with Crippen molar-refractivity contribution in [1.29, 1.82) is 0 Å². The zero-order chi connectivity index (χ0) is 25.4. The van der Waals surface area contributed by atoms with Crippen LogP contribution < -0.4 is 5.32 Å². The number of rotatable bonds is 4. The first-order valence-electron chi connectivity index (χ1n) is 12.0. The molecule has 0 aliphatic rings. The molecule has 0 saturated heterocycles. The Bertz CT molecular complexity index is 1240. The van der Waals surface area contributed by atoms with E-state index in [0.717, 1.165) is 39.2 Å². The number of hydrogen-bond donors (Lipinski definition) is 1. The molecule has 0 bridgehead atoms. The van der Waals surface area contributed by atoms with E-state index in [1.54, 1.807) is 24.3 Å². The number of halogens is 2. The molecule has 0 unspecified atom stereocenters. The predicted octanol–water partition coefficient (Wildman–Crippen LogP) is 9.64. The van der Waals surface area contributed by atoms with Crippen molar-refractivity contribution >= 4 is 11.4 Å². The molecule has 4 aromatic carbocycles. The molecule has 0 aliphatic carbocycles. The van der Waals surface area contributed by atoms with Crippen LogP contribution in [0.25, 0.3) is 22.3 Å². The van der Waals surface area contributed by atoms with Crippen molar-refractivity contribution in [3.05, 3.63) is 108 Å². The predicted molar refractivity (Wildman–Crippen MR) is 144 cm³/mol. The van der Waals surface area contributed by atoms with Gasteiger partial charge in [0.1, 0.15) is 11.6 Å². The molecule has 0 radical (unpaired) electrons. The van der Waals surface area contributed by atoms with Gasteiger partial charge < -0.3 is 5.32 Å². The van der Waals surface area contributed by atoms with Crippen LogP contribution in [0, 0.1) is 11.6 Å². The van der Waals surface area contributed by atoms with Crippen LogP contribution in [-0.4, -0.2) is 0 Å². The summed E-state index contributed by atoms with van der Waals surface area (Å²) in [5.41, 5.74) is 7.96. The third kappa shape index (κ3) is 5.62. The molecule has 3 heteroatoms. The van der Waals surface area contributed by atoms with E-state index in [4.69, 9.17) is 0 Å². The molecule has 0 spiro atoms. The van der Waals surface area contributed by atoms with Crippen molar-refractivity contribution in [1.82, 2.24) is 0 Å². The summed E-state index contributed by atoms with van der Waals surface area (Å²) in [6.45, 7) is 13.1. The quantitative estimate of drug-likeness (QED) is 0.314. The van der Waals surface area contributed by atoms with Crippen LogP contribution in [0.2, 0.25) is 0 Å². The van der Waals surface area contributed by atoms with Gasteiger partial charge in [0.05, 0.1) is 5.69 Å². The van der Waals surface area contributed by atoms with Crippen LogP contribution in [0.1, 0.15) is 52.7 Å². The first kappa shape index (κ1) is 24.7. The zero-order valence-electron chi connectivity index (χ0n) is 21.3. The van der Waals surface area contributed by atoms with E-state index in [9.17, 15) is 8.78 Å². The second-order valence-corrected chi connectivity index (χ2v) is 11.2. The van der Waals surface area contributed by atoms with Gasteiger partial charge in [-0.05, 0) is 81.6 Å². The van der Waals surface area contributed by atoms with E-state index < -0.39 is 0 Å². The summed E-state index contributed by atoms with van der Waals surface area (Å²) in [7, 11) is 0. The van der Waals surface area contributed by atoms with Crippen LogP contribution >= 0.6 is 0 Å². The normalized spacial score (nSPS) is 12.0. The lowest BCUT2D eigenvalue weighted by Gasteiger charge is -2.25. The van der Waals surface area contributed by atoms with E-state index in [1.807, 2.05) is 0 Å². The van der Waals surface area contributed by atoms with Gasteiger partial charge in [0.25, 0.3) is 0 Å². The monoisotopic (exact) mass is 469 g/mol. The summed E-state index contributed by atoms with van der Waals surface area (Å²) in [5.74, 6) is -0.543. The van der Waals surface area contributed by atoms with Crippen LogP contribution in [-0.2, 0) is 10.8 Å². The maximum absolute atomic E-state index is 13.8. The average molecular weight is 470 g/mol. The van der Waals surface area contributed by atoms with Gasteiger partial charge in [-0.15, -0.1) is 0 Å². The standard InChI is InChI=1S/C32H33F2N/c1-31(2,3)23-11-17-27(18-12-23)35-30-28(21-7-13-25(33)14-8-21)19-24(32(4,5)6)20-29(30)22-9-15-26(34)16-10-22/h7-20,35H,1-6H3. The van der Waals surface area contributed by atoms with Gasteiger partial charge in [0.15, 0.2) is 0 Å². The molecule has 0 fully saturated rings. The minimum atomic E-state index is -0.272. The highest BCUT2D eigenvalue weighted by Crippen LogP contribution is 2.42. The summed E-state index contributed by atoms with van der Waals surface area (Å²) >= 11 is 0. The summed E-state index contributed by atoms with van der Waals surface area (Å²) in [6.07, 6.45) is 0. The molecule has 0 aromatic heterocycles. The highest BCUT2D eigenvalue weighted by molar-refractivity contribution is 5.93. The van der Waals surface area contributed by atoms with Gasteiger partial charge in [0.2, 0.25) is 0 Å². The molecule has 1 nitrogen and oxygen atoms in total. The van der Waals surface area contributed by atoms with E-state index in [1.165, 1.54) is 29.8 Å². The first-order valence-corrected chi connectivity index (χ1v) is 12.0. The molecule has 0 atom stereocenters. The van der Waals surface area contributed by atoms with Gasteiger partial charge in [-0.2, -0.15) is 0 Å². The highest BCUT2D eigenvalue weighted by Gasteiger charge is 2.21. The van der Waals surface area contributed by atoms with Crippen molar-refractivity contribution in [2.24, 2.45) is 0 Å². The van der Waals surface area contributed by atoms with Crippen molar-refractivity contribution in [3.8, 4) is 22.3 Å². The van der Waals surface area contributed by atoms with Gasteiger partial charge >= 0.3 is 0 Å². The second kappa shape index (κ2) is 9.30. The minimum Gasteiger partial charge on any atom is -0.355 e. The van der Waals surface area contributed by atoms with Gasteiger partial charge in [-0.25, -0.2) is 8.78 Å². The van der Waals surface area contributed by atoms with E-state index >= 15 is 0 Å². The topological polar surface area (TPSA) is 12.0 Å². The molecule has 35 heavy (non-hydrogen) atoms. The van der Waals surface area contributed by atoms with Crippen LogP contribution in [0.3, 0.4) is 0 Å². The zero-order valence-corrected chi connectivity index (χ0v) is 21.3. The average Bonchev–Trinajstić information content (AvgIpc) is 2.79. The Labute approximate surface area is 207 Å². The lowest BCUT2D eigenvalue weighted by Crippen LogP contribution is -2.12. The number of benzene rings is 4. The first-order chi connectivity index (χ1) is 16.4. The molecule has 4 rings (SSSR count). The largest absolute Gasteiger partial charge is 0.355 e. The molecule has 1 N–H and O–H groups in total. The SMILES string of the molecule is CC(C)(C)c1ccc(Nc2c(-c3ccc(F)cc3)cc(C(C)(C)C)cc2-c2ccc(F)cc2)cc1. The highest BCUT2D eigenvalue weighted by atomic mass is 19.1. The molecule has 180 valence electrons. The Balaban J connectivity index is 1.95. The summed E-state index contributed by atoms with van der Waals surface area (Å²) in [4.78, 5) is 0. The molecule has 0 heterocycles. The third-order valence-electron chi connectivity index (χ3n) is 6.34. The van der Waals surface area contributed by atoms with Crippen LogP contribution in [0.5, 0.6) is 0 Å². The van der Waals surface area contributed by atoms with E-state index in [0.29, 0.717) is 0 Å². The van der Waals surface area contributed by atoms with Crippen molar-refractivity contribution < 1.29 is 8.78 Å².